The molecule has 3 aromatic rings. The smallest absolute Gasteiger partial charge is 0.286 e. The Balaban J connectivity index is 1.30. The summed E-state index contributed by atoms with van der Waals surface area (Å²) in [5.41, 5.74) is 1.11. The maximum atomic E-state index is 13.2. The van der Waals surface area contributed by atoms with Gasteiger partial charge in [0.15, 0.2) is 5.76 Å². The van der Waals surface area contributed by atoms with Crippen LogP contribution in [0.5, 0.6) is 5.75 Å². The molecule has 2 atom stereocenters. The Morgan fingerprint density at radius 3 is 2.62 bits per heavy atom. The van der Waals surface area contributed by atoms with Crippen LogP contribution in [0.25, 0.3) is 10.1 Å². The molecule has 1 aliphatic carbocycles. The number of carbonyl (C=O) groups is 1. The molecule has 2 aliphatic rings. The molecular formula is C29H34N2O7S2. The van der Waals surface area contributed by atoms with Crippen molar-refractivity contribution in [3.8, 4) is 5.75 Å². The molecule has 1 saturated carbocycles. The lowest BCUT2D eigenvalue weighted by atomic mass is 9.91. The Kier molecular flexibility index (Phi) is 9.07. The van der Waals surface area contributed by atoms with Gasteiger partial charge in [-0.3, -0.25) is 4.79 Å². The normalized spacial score (nSPS) is 19.6. The summed E-state index contributed by atoms with van der Waals surface area (Å²) < 4.78 is 46.0. The number of amides is 1. The number of ether oxygens (including phenoxy) is 3. The second kappa shape index (κ2) is 12.7. The number of methoxy groups -OCH3 is 1. The topological polar surface area (TPSA) is 114 Å². The van der Waals surface area contributed by atoms with Crippen LogP contribution in [0.4, 0.5) is 0 Å². The first-order chi connectivity index (χ1) is 19.4. The van der Waals surface area contributed by atoms with E-state index in [-0.39, 0.29) is 54.8 Å². The number of nitrogens with zero attached hydrogens (tertiary/aromatic N) is 1. The molecule has 5 rings (SSSR count). The fourth-order valence-corrected chi connectivity index (χ4v) is 7.32. The van der Waals surface area contributed by atoms with Gasteiger partial charge in [0.2, 0.25) is 16.3 Å². The molecule has 2 heterocycles. The number of allylic oxidation sites excluding steroid dienone is 1. The van der Waals surface area contributed by atoms with Crippen LogP contribution in [0.15, 0.2) is 70.6 Å². The van der Waals surface area contributed by atoms with Crippen LogP contribution < -0.4 is 10.1 Å². The van der Waals surface area contributed by atoms with Crippen molar-refractivity contribution in [2.24, 2.45) is 0 Å². The zero-order chi connectivity index (χ0) is 28.1. The molecule has 40 heavy (non-hydrogen) atoms. The van der Waals surface area contributed by atoms with Gasteiger partial charge in [-0.1, -0.05) is 18.2 Å². The van der Waals surface area contributed by atoms with Crippen LogP contribution in [0.3, 0.4) is 0 Å². The van der Waals surface area contributed by atoms with Gasteiger partial charge in [0.25, 0.3) is 5.91 Å². The van der Waals surface area contributed by atoms with Crippen molar-refractivity contribution in [3.05, 3.63) is 71.3 Å². The Labute approximate surface area is 238 Å². The van der Waals surface area contributed by atoms with Crippen LogP contribution >= 0.6 is 11.3 Å². The van der Waals surface area contributed by atoms with Gasteiger partial charge in [-0.25, -0.2) is 8.42 Å². The first-order valence-electron chi connectivity index (χ1n) is 13.4. The third kappa shape index (κ3) is 6.34. The SMILES string of the molecule is COc1ccc(S(=O)(=O)N(CCO)CCO[C@@H]2C[C@H](c3csc4ccccc34)C=C(C(=O)NC3CCC3)O2)cc1. The zero-order valence-electron chi connectivity index (χ0n) is 22.3. The van der Waals surface area contributed by atoms with Gasteiger partial charge in [-0.15, -0.1) is 11.3 Å². The molecule has 214 valence electrons. The average Bonchev–Trinajstić information content (AvgIpc) is 3.38. The molecular weight excluding hydrogens is 552 g/mol. The van der Waals surface area contributed by atoms with E-state index in [2.05, 4.69) is 22.8 Å². The second-order valence-electron chi connectivity index (χ2n) is 9.88. The molecule has 1 aliphatic heterocycles. The summed E-state index contributed by atoms with van der Waals surface area (Å²) in [5, 5.41) is 15.8. The average molecular weight is 587 g/mol. The molecule has 1 amide bonds. The third-order valence-electron chi connectivity index (χ3n) is 7.32. The summed E-state index contributed by atoms with van der Waals surface area (Å²) in [6.07, 6.45) is 4.63. The van der Waals surface area contributed by atoms with Gasteiger partial charge in [0.1, 0.15) is 5.75 Å². The molecule has 11 heteroatoms. The summed E-state index contributed by atoms with van der Waals surface area (Å²) in [6, 6.07) is 14.4. The minimum atomic E-state index is -3.87. The summed E-state index contributed by atoms with van der Waals surface area (Å²) in [5.74, 6) is 0.408. The Bertz CT molecular complexity index is 1450. The van der Waals surface area contributed by atoms with E-state index >= 15 is 0 Å². The predicted molar refractivity (Wildman–Crippen MR) is 153 cm³/mol. The third-order valence-corrected chi connectivity index (χ3v) is 10.2. The Morgan fingerprint density at radius 1 is 1.15 bits per heavy atom. The highest BCUT2D eigenvalue weighted by Crippen LogP contribution is 2.38. The minimum absolute atomic E-state index is 0.00808. The van der Waals surface area contributed by atoms with Crippen LogP contribution in [0.1, 0.15) is 37.2 Å². The monoisotopic (exact) mass is 586 g/mol. The van der Waals surface area contributed by atoms with E-state index < -0.39 is 16.3 Å². The summed E-state index contributed by atoms with van der Waals surface area (Å²) in [6.45, 7) is -0.388. The van der Waals surface area contributed by atoms with Crippen molar-refractivity contribution in [1.29, 1.82) is 0 Å². The number of aliphatic hydroxyl groups is 1. The number of aliphatic hydroxyl groups excluding tert-OH is 1. The maximum absolute atomic E-state index is 13.2. The second-order valence-corrected chi connectivity index (χ2v) is 12.7. The highest BCUT2D eigenvalue weighted by Gasteiger charge is 2.32. The molecule has 0 bridgehead atoms. The summed E-state index contributed by atoms with van der Waals surface area (Å²) in [4.78, 5) is 13.1. The Hall–Kier alpha value is -2.96. The number of nitrogens with one attached hydrogen (secondary N) is 1. The van der Waals surface area contributed by atoms with Crippen LogP contribution in [0.2, 0.25) is 0 Å². The quantitative estimate of drug-likeness (QED) is 0.330. The molecule has 9 nitrogen and oxygen atoms in total. The van der Waals surface area contributed by atoms with E-state index in [4.69, 9.17) is 14.2 Å². The van der Waals surface area contributed by atoms with Gasteiger partial charge in [0.05, 0.1) is 25.2 Å². The van der Waals surface area contributed by atoms with Crippen molar-refractivity contribution in [1.82, 2.24) is 9.62 Å². The fourth-order valence-electron chi connectivity index (χ4n) is 4.88. The van der Waals surface area contributed by atoms with Gasteiger partial charge in [-0.05, 0) is 72.0 Å². The molecule has 0 spiro atoms. The highest BCUT2D eigenvalue weighted by atomic mass is 32.2. The van der Waals surface area contributed by atoms with E-state index in [9.17, 15) is 18.3 Å². The maximum Gasteiger partial charge on any atom is 0.286 e. The summed E-state index contributed by atoms with van der Waals surface area (Å²) >= 11 is 1.66. The lowest BCUT2D eigenvalue weighted by Gasteiger charge is -2.32. The molecule has 1 fully saturated rings. The summed E-state index contributed by atoms with van der Waals surface area (Å²) in [7, 11) is -2.36. The molecule has 0 radical (unpaired) electrons. The number of fused-ring (bicyclic) bond motifs is 1. The van der Waals surface area contributed by atoms with Crippen LogP contribution in [0, 0.1) is 0 Å². The largest absolute Gasteiger partial charge is 0.497 e. The number of benzene rings is 2. The number of rotatable bonds is 12. The van der Waals surface area contributed by atoms with E-state index in [1.807, 2.05) is 18.2 Å². The number of carbonyl (C=O) groups excluding carboxylic acids is 1. The first kappa shape index (κ1) is 28.6. The van der Waals surface area contributed by atoms with Crippen LogP contribution in [-0.4, -0.2) is 69.5 Å². The molecule has 0 unspecified atom stereocenters. The van der Waals surface area contributed by atoms with Crippen molar-refractivity contribution in [2.45, 2.75) is 48.8 Å². The Morgan fingerprint density at radius 2 is 1.93 bits per heavy atom. The van der Waals surface area contributed by atoms with Gasteiger partial charge in [-0.2, -0.15) is 4.31 Å². The lowest BCUT2D eigenvalue weighted by molar-refractivity contribution is -0.147. The molecule has 0 saturated heterocycles. The van der Waals surface area contributed by atoms with E-state index in [0.717, 1.165) is 30.2 Å². The fraction of sp³-hybridized carbons (Fsp3) is 0.414. The van der Waals surface area contributed by atoms with Crippen molar-refractivity contribution >= 4 is 37.4 Å². The number of hydrogen-bond acceptors (Lipinski definition) is 8. The highest BCUT2D eigenvalue weighted by molar-refractivity contribution is 7.89. The van der Waals surface area contributed by atoms with E-state index in [1.165, 1.54) is 28.2 Å². The number of hydrogen-bond donors (Lipinski definition) is 2. The zero-order valence-corrected chi connectivity index (χ0v) is 24.0. The minimum Gasteiger partial charge on any atom is -0.497 e. The van der Waals surface area contributed by atoms with E-state index in [0.29, 0.717) is 12.2 Å². The van der Waals surface area contributed by atoms with Crippen molar-refractivity contribution < 1.29 is 32.5 Å². The lowest BCUT2D eigenvalue weighted by Crippen LogP contribution is -2.42. The molecule has 2 N–H and O–H groups in total. The number of sulfonamides is 1. The first-order valence-corrected chi connectivity index (χ1v) is 15.7. The van der Waals surface area contributed by atoms with Gasteiger partial charge >= 0.3 is 0 Å². The molecule has 1 aromatic heterocycles. The van der Waals surface area contributed by atoms with Crippen molar-refractivity contribution in [3.63, 3.8) is 0 Å². The van der Waals surface area contributed by atoms with Crippen molar-refractivity contribution in [2.75, 3.05) is 33.4 Å². The van der Waals surface area contributed by atoms with Gasteiger partial charge < -0.3 is 24.6 Å². The standard InChI is InChI=1S/C29H34N2O7S2/c1-36-22-9-11-23(12-10-22)40(34,35)31(13-15-32)14-16-37-28-18-20(25-19-39-27-8-3-2-7-24(25)27)17-26(38-28)29(33)30-21-5-4-6-21/h2-3,7-12,17,19-21,28,32H,4-6,13-16,18H2,1H3,(H,30,33)/t20-,28+/m1/s1. The predicted octanol–water partition coefficient (Wildman–Crippen LogP) is 3.99. The van der Waals surface area contributed by atoms with Crippen LogP contribution in [-0.2, 0) is 24.3 Å². The number of thiophene rings is 1. The van der Waals surface area contributed by atoms with Gasteiger partial charge in [0, 0.05) is 36.2 Å². The molecule has 2 aromatic carbocycles. The van der Waals surface area contributed by atoms with E-state index in [1.54, 1.807) is 23.5 Å².